The van der Waals surface area contributed by atoms with Crippen molar-refractivity contribution in [3.8, 4) is 11.5 Å². The summed E-state index contributed by atoms with van der Waals surface area (Å²) in [7, 11) is 3.43. The molecule has 3 nitrogen and oxygen atoms in total. The van der Waals surface area contributed by atoms with Gasteiger partial charge in [0.2, 0.25) is 0 Å². The Morgan fingerprint density at radius 2 is 1.21 bits per heavy atom. The van der Waals surface area contributed by atoms with E-state index in [1.54, 1.807) is 14.2 Å². The number of fused-ring (bicyclic) bond motifs is 1. The highest BCUT2D eigenvalue weighted by molar-refractivity contribution is 7.08. The molecule has 0 fully saturated rings. The van der Waals surface area contributed by atoms with E-state index in [1.807, 2.05) is 12.1 Å². The molecule has 0 bridgehead atoms. The van der Waals surface area contributed by atoms with Gasteiger partial charge in [0.1, 0.15) is 24.3 Å². The summed E-state index contributed by atoms with van der Waals surface area (Å²) in [5.41, 5.74) is 14.5. The van der Waals surface area contributed by atoms with Crippen molar-refractivity contribution in [2.24, 2.45) is 0 Å². The number of hydrogen-bond donors (Lipinski definition) is 0. The van der Waals surface area contributed by atoms with Crippen LogP contribution in [-0.2, 0) is 6.54 Å². The summed E-state index contributed by atoms with van der Waals surface area (Å²) in [6.07, 6.45) is 0.881. The van der Waals surface area contributed by atoms with Crippen LogP contribution < -0.4 is 25.9 Å². The number of benzene rings is 4. The minimum atomic E-state index is -1.49. The maximum atomic E-state index is 5.87. The Labute approximate surface area is 227 Å². The normalized spacial score (nSPS) is 13.7. The molecule has 5 rings (SSSR count). The van der Waals surface area contributed by atoms with Gasteiger partial charge in [-0.15, -0.1) is 16.4 Å². The summed E-state index contributed by atoms with van der Waals surface area (Å²) < 4.78 is 14.0. The van der Waals surface area contributed by atoms with Crippen LogP contribution in [0.5, 0.6) is 11.5 Å². The van der Waals surface area contributed by atoms with Gasteiger partial charge in [-0.1, -0.05) is 81.9 Å². The van der Waals surface area contributed by atoms with E-state index in [4.69, 9.17) is 9.47 Å². The molecule has 4 aromatic rings. The molecule has 1 heterocycles. The second-order valence-corrected chi connectivity index (χ2v) is 11.1. The van der Waals surface area contributed by atoms with E-state index >= 15 is 0 Å². The van der Waals surface area contributed by atoms with Crippen LogP contribution in [0.1, 0.15) is 44.5 Å². The Morgan fingerprint density at radius 1 is 0.658 bits per heavy atom. The molecule has 4 heteroatoms. The van der Waals surface area contributed by atoms with Crippen LogP contribution in [0.4, 0.5) is 0 Å². The molecule has 4 aromatic carbocycles. The summed E-state index contributed by atoms with van der Waals surface area (Å²) >= 11 is 0. The molecule has 0 aromatic heterocycles. The summed E-state index contributed by atoms with van der Waals surface area (Å²) in [5.74, 6) is 1.64. The molecule has 0 saturated carbocycles. The van der Waals surface area contributed by atoms with Crippen LogP contribution in [0.15, 0.2) is 66.7 Å². The molecule has 0 amide bonds. The van der Waals surface area contributed by atoms with Crippen LogP contribution in [0.25, 0.3) is 0 Å². The van der Waals surface area contributed by atoms with Crippen molar-refractivity contribution in [2.75, 3.05) is 14.2 Å². The van der Waals surface area contributed by atoms with Crippen molar-refractivity contribution in [3.63, 3.8) is 0 Å². The second-order valence-electron chi connectivity index (χ2n) is 11.1. The van der Waals surface area contributed by atoms with Crippen molar-refractivity contribution in [1.29, 1.82) is 0 Å². The molecule has 0 radical (unpaired) electrons. The number of ether oxygens (including phenoxy) is 2. The van der Waals surface area contributed by atoms with E-state index in [1.165, 1.54) is 55.3 Å². The van der Waals surface area contributed by atoms with Crippen molar-refractivity contribution in [2.45, 2.75) is 48.1 Å². The smallest absolute Gasteiger partial charge is 0.357 e. The molecule has 0 spiro atoms. The quantitative estimate of drug-likeness (QED) is 0.339. The van der Waals surface area contributed by atoms with Gasteiger partial charge in [0, 0.05) is 11.6 Å². The van der Waals surface area contributed by atoms with E-state index in [0.717, 1.165) is 17.1 Å². The monoisotopic (exact) mass is 503 g/mol. The van der Waals surface area contributed by atoms with Crippen molar-refractivity contribution in [3.05, 3.63) is 111 Å². The number of aryl methyl sites for hydroxylation is 6. The lowest BCUT2D eigenvalue weighted by atomic mass is 9.22. The third-order valence-electron chi connectivity index (χ3n) is 8.41. The molecule has 194 valence electrons. The second kappa shape index (κ2) is 9.83. The minimum Gasteiger partial charge on any atom is -0.497 e. The summed E-state index contributed by atoms with van der Waals surface area (Å²) in [6.45, 7) is 14.2. The van der Waals surface area contributed by atoms with Gasteiger partial charge < -0.3 is 14.0 Å². The van der Waals surface area contributed by atoms with Gasteiger partial charge in [-0.2, -0.15) is 0 Å². The highest BCUT2D eigenvalue weighted by Crippen LogP contribution is 2.29. The largest absolute Gasteiger partial charge is 0.497 e. The molecule has 1 aliphatic heterocycles. The standard InChI is InChI=1S/C34H38BNO2/c1-22-15-24(3)33(25(4)16-22)35(34-26(5)17-23(2)18-27(34)6)31-12-10-9-11-28(31)20-36(35)21-29-13-14-30(37-7)19-32(29)38-8/h9-20H,21H2,1-8H3. The first-order valence-corrected chi connectivity index (χ1v) is 13.4. The molecule has 0 N–H and O–H groups in total. The van der Waals surface area contributed by atoms with Gasteiger partial charge in [-0.3, -0.25) is 0 Å². The zero-order valence-electron chi connectivity index (χ0n) is 24.0. The van der Waals surface area contributed by atoms with Gasteiger partial charge in [-0.25, -0.2) is 0 Å². The van der Waals surface area contributed by atoms with E-state index in [-0.39, 0.29) is 0 Å². The van der Waals surface area contributed by atoms with Crippen molar-refractivity contribution < 1.29 is 14.0 Å². The Balaban J connectivity index is 1.90. The van der Waals surface area contributed by atoms with E-state index < -0.39 is 6.28 Å². The Hall–Kier alpha value is -3.79. The number of methoxy groups -OCH3 is 2. The molecule has 0 atom stereocenters. The minimum absolute atomic E-state index is 0.710. The number of hydrogen-bond acceptors (Lipinski definition) is 2. The van der Waals surface area contributed by atoms with E-state index in [9.17, 15) is 0 Å². The highest BCUT2D eigenvalue weighted by Gasteiger charge is 2.50. The predicted molar refractivity (Wildman–Crippen MR) is 161 cm³/mol. The maximum Gasteiger partial charge on any atom is 0.357 e. The zero-order chi connectivity index (χ0) is 27.2. The first-order valence-electron chi connectivity index (χ1n) is 13.4. The zero-order valence-corrected chi connectivity index (χ0v) is 24.0. The van der Waals surface area contributed by atoms with Crippen molar-refractivity contribution >= 4 is 28.9 Å². The van der Waals surface area contributed by atoms with Crippen LogP contribution in [-0.4, -0.2) is 31.2 Å². The average molecular weight is 503 g/mol. The van der Waals surface area contributed by atoms with Crippen LogP contribution in [0, 0.1) is 41.5 Å². The highest BCUT2D eigenvalue weighted by atomic mass is 16.5. The third-order valence-corrected chi connectivity index (χ3v) is 8.41. The fourth-order valence-corrected chi connectivity index (χ4v) is 7.33. The van der Waals surface area contributed by atoms with E-state index in [2.05, 4.69) is 107 Å². The number of rotatable bonds is 6. The molecule has 1 aliphatic rings. The molecule has 0 unspecified atom stereocenters. The van der Waals surface area contributed by atoms with Crippen LogP contribution >= 0.6 is 0 Å². The van der Waals surface area contributed by atoms with Crippen LogP contribution in [0.2, 0.25) is 0 Å². The average Bonchev–Trinajstić information content (AvgIpc) is 3.17. The third kappa shape index (κ3) is 4.03. The lowest BCUT2D eigenvalue weighted by molar-refractivity contribution is -0.402. The maximum absolute atomic E-state index is 5.87. The number of nitrogens with zero attached hydrogens (tertiary/aromatic N) is 1. The fraction of sp³-hybridized carbons (Fsp3) is 0.265. The van der Waals surface area contributed by atoms with Gasteiger partial charge >= 0.3 is 6.28 Å². The lowest BCUT2D eigenvalue weighted by Crippen LogP contribution is -2.74. The SMILES string of the molecule is COc1ccc(C[N+]2=Cc3ccccc3[B-]2(c2c(C)cc(C)cc2C)c2c(C)cc(C)cc2C)c(OC)c1. The Kier molecular flexibility index (Phi) is 6.69. The lowest BCUT2D eigenvalue weighted by Gasteiger charge is -2.41. The van der Waals surface area contributed by atoms with Gasteiger partial charge in [0.05, 0.1) is 19.8 Å². The summed E-state index contributed by atoms with van der Waals surface area (Å²) in [4.78, 5) is 0. The molecular weight excluding hydrogens is 465 g/mol. The summed E-state index contributed by atoms with van der Waals surface area (Å²) in [6, 6.07) is 24.5. The first kappa shape index (κ1) is 25.8. The first-order chi connectivity index (χ1) is 18.2. The fourth-order valence-electron chi connectivity index (χ4n) is 7.33. The van der Waals surface area contributed by atoms with E-state index in [0.29, 0.717) is 6.54 Å². The topological polar surface area (TPSA) is 21.5 Å². The molecule has 38 heavy (non-hydrogen) atoms. The predicted octanol–water partition coefficient (Wildman–Crippen LogP) is 5.17. The van der Waals surface area contributed by atoms with Crippen molar-refractivity contribution in [1.82, 2.24) is 0 Å². The van der Waals surface area contributed by atoms with Gasteiger partial charge in [-0.05, 0) is 53.7 Å². The molecular formula is C34H38BNO2. The van der Waals surface area contributed by atoms with Gasteiger partial charge in [0.15, 0.2) is 0 Å². The summed E-state index contributed by atoms with van der Waals surface area (Å²) in [5, 5.41) is 0. The Morgan fingerprint density at radius 3 is 1.74 bits per heavy atom. The molecule has 0 saturated heterocycles. The molecule has 0 aliphatic carbocycles. The van der Waals surface area contributed by atoms with Crippen LogP contribution in [0.3, 0.4) is 0 Å². The Bertz CT molecular complexity index is 1480. The van der Waals surface area contributed by atoms with Gasteiger partial charge in [0.25, 0.3) is 0 Å².